The molecule has 1 aromatic carbocycles. The second-order valence-electron chi connectivity index (χ2n) is 7.91. The molecule has 2 aromatic rings. The van der Waals surface area contributed by atoms with E-state index in [4.69, 9.17) is 15.2 Å². The summed E-state index contributed by atoms with van der Waals surface area (Å²) in [5.74, 6) is -0.995. The molecule has 2 heterocycles. The van der Waals surface area contributed by atoms with E-state index in [1.54, 1.807) is 32.0 Å². The molecule has 0 bridgehead atoms. The van der Waals surface area contributed by atoms with Gasteiger partial charge in [0.2, 0.25) is 17.7 Å². The van der Waals surface area contributed by atoms with E-state index in [2.05, 4.69) is 16.4 Å². The third-order valence-corrected chi connectivity index (χ3v) is 5.77. The molecule has 1 aliphatic heterocycles. The summed E-state index contributed by atoms with van der Waals surface area (Å²) in [6.45, 7) is 3.76. The minimum atomic E-state index is -0.697. The van der Waals surface area contributed by atoms with E-state index in [9.17, 15) is 14.4 Å². The molecule has 0 unspecified atom stereocenters. The number of hydrogen-bond donors (Lipinski definition) is 2. The lowest BCUT2D eigenvalue weighted by Crippen LogP contribution is -2.29. The standard InChI is InChI=1S/C23H23FN4O3/c1-11-20-19(23(28-21(11)24)31-10-13-4-5-13)18(17(22(26)29)12(2)27-20)15-7-6-14(9-25)8-16(15)30-3/h6-8,13,18,27H,4-5,10H2,1-3H3,(H2,26,29)/t18-/m1/s1. The molecule has 0 radical (unpaired) electrons. The number of primary amides is 1. The Morgan fingerprint density at radius 3 is 2.74 bits per heavy atom. The first-order valence-electron chi connectivity index (χ1n) is 10.0. The number of rotatable bonds is 6. The van der Waals surface area contributed by atoms with Crippen LogP contribution >= 0.6 is 0 Å². The number of benzene rings is 1. The number of aromatic nitrogens is 1. The topological polar surface area (TPSA) is 110 Å². The second kappa shape index (κ2) is 7.91. The number of carbonyl (C=O) groups is 1. The second-order valence-corrected chi connectivity index (χ2v) is 7.91. The molecule has 0 spiro atoms. The first-order valence-corrected chi connectivity index (χ1v) is 10.0. The largest absolute Gasteiger partial charge is 0.496 e. The highest BCUT2D eigenvalue weighted by atomic mass is 19.1. The molecule has 7 nitrogen and oxygen atoms in total. The van der Waals surface area contributed by atoms with Crippen molar-refractivity contribution in [1.82, 2.24) is 4.98 Å². The van der Waals surface area contributed by atoms with Crippen LogP contribution in [0.15, 0.2) is 29.5 Å². The number of nitriles is 1. The number of amides is 1. The Morgan fingerprint density at radius 2 is 2.13 bits per heavy atom. The fraction of sp³-hybridized carbons (Fsp3) is 0.348. The maximum atomic E-state index is 14.7. The van der Waals surface area contributed by atoms with Crippen molar-refractivity contribution in [2.75, 3.05) is 19.0 Å². The van der Waals surface area contributed by atoms with Crippen molar-refractivity contribution >= 4 is 11.6 Å². The number of anilines is 1. The van der Waals surface area contributed by atoms with Gasteiger partial charge in [-0.3, -0.25) is 4.79 Å². The number of nitrogens with zero attached hydrogens (tertiary/aromatic N) is 2. The van der Waals surface area contributed by atoms with Crippen LogP contribution in [0.25, 0.3) is 0 Å². The van der Waals surface area contributed by atoms with Gasteiger partial charge in [0.25, 0.3) is 0 Å². The maximum Gasteiger partial charge on any atom is 0.247 e. The normalized spacial score (nSPS) is 17.5. The van der Waals surface area contributed by atoms with Gasteiger partial charge in [0.05, 0.1) is 42.5 Å². The molecule has 1 saturated carbocycles. The molecule has 2 aliphatic rings. The summed E-state index contributed by atoms with van der Waals surface area (Å²) in [4.78, 5) is 16.6. The lowest BCUT2D eigenvalue weighted by molar-refractivity contribution is -0.114. The first kappa shape index (κ1) is 20.7. The Labute approximate surface area is 179 Å². The lowest BCUT2D eigenvalue weighted by atomic mass is 9.79. The van der Waals surface area contributed by atoms with E-state index in [-0.39, 0.29) is 5.88 Å². The van der Waals surface area contributed by atoms with Crippen molar-refractivity contribution in [3.63, 3.8) is 0 Å². The Hall–Kier alpha value is -3.60. The summed E-state index contributed by atoms with van der Waals surface area (Å²) in [7, 11) is 1.49. The van der Waals surface area contributed by atoms with Gasteiger partial charge in [0.1, 0.15) is 5.75 Å². The number of halogens is 1. The highest BCUT2D eigenvalue weighted by Crippen LogP contribution is 2.49. The summed E-state index contributed by atoms with van der Waals surface area (Å²) in [6, 6.07) is 7.04. The van der Waals surface area contributed by atoms with Crippen molar-refractivity contribution < 1.29 is 18.7 Å². The van der Waals surface area contributed by atoms with Crippen LogP contribution in [-0.2, 0) is 4.79 Å². The van der Waals surface area contributed by atoms with Crippen LogP contribution in [0.5, 0.6) is 11.6 Å². The minimum Gasteiger partial charge on any atom is -0.496 e. The van der Waals surface area contributed by atoms with Gasteiger partial charge in [-0.05, 0) is 44.7 Å². The van der Waals surface area contributed by atoms with E-state index < -0.39 is 17.8 Å². The molecule has 8 heteroatoms. The summed E-state index contributed by atoms with van der Waals surface area (Å²) < 4.78 is 26.1. The van der Waals surface area contributed by atoms with Crippen molar-refractivity contribution in [1.29, 1.82) is 5.26 Å². The predicted molar refractivity (Wildman–Crippen MR) is 112 cm³/mol. The average Bonchev–Trinajstić information content (AvgIpc) is 3.58. The SMILES string of the molecule is COc1cc(C#N)ccc1[C@@H]1C(C(N)=O)=C(C)Nc2c(C)c(F)nc(OCC3CC3)c21. The Kier molecular flexibility index (Phi) is 5.27. The number of pyridine rings is 1. The zero-order chi connectivity index (χ0) is 22.3. The van der Waals surface area contributed by atoms with Gasteiger partial charge in [-0.2, -0.15) is 14.6 Å². The van der Waals surface area contributed by atoms with Crippen LogP contribution in [0.2, 0.25) is 0 Å². The average molecular weight is 422 g/mol. The summed E-state index contributed by atoms with van der Waals surface area (Å²) in [6.07, 6.45) is 2.13. The van der Waals surface area contributed by atoms with Crippen molar-refractivity contribution in [2.24, 2.45) is 11.7 Å². The molecule has 31 heavy (non-hydrogen) atoms. The molecule has 1 fully saturated rings. The van der Waals surface area contributed by atoms with Gasteiger partial charge in [0, 0.05) is 22.4 Å². The van der Waals surface area contributed by atoms with Gasteiger partial charge in [-0.25, -0.2) is 0 Å². The molecule has 1 aliphatic carbocycles. The first-order chi connectivity index (χ1) is 14.8. The monoisotopic (exact) mass is 422 g/mol. The van der Waals surface area contributed by atoms with Gasteiger partial charge in [-0.1, -0.05) is 6.07 Å². The van der Waals surface area contributed by atoms with E-state index in [1.807, 2.05) is 0 Å². The minimum absolute atomic E-state index is 0.125. The van der Waals surface area contributed by atoms with E-state index in [0.29, 0.717) is 57.5 Å². The molecular formula is C23H23FN4O3. The van der Waals surface area contributed by atoms with Crippen molar-refractivity contribution in [2.45, 2.75) is 32.6 Å². The van der Waals surface area contributed by atoms with Crippen molar-refractivity contribution in [3.05, 3.63) is 57.7 Å². The molecule has 1 amide bonds. The number of ether oxygens (including phenoxy) is 2. The number of allylic oxidation sites excluding steroid dienone is 1. The predicted octanol–water partition coefficient (Wildman–Crippen LogP) is 3.51. The Balaban J connectivity index is 1.98. The maximum absolute atomic E-state index is 14.7. The zero-order valence-corrected chi connectivity index (χ0v) is 17.6. The molecule has 1 aromatic heterocycles. The zero-order valence-electron chi connectivity index (χ0n) is 17.6. The molecule has 3 N–H and O–H groups in total. The highest BCUT2D eigenvalue weighted by molar-refractivity contribution is 5.98. The van der Waals surface area contributed by atoms with Gasteiger partial charge >= 0.3 is 0 Å². The smallest absolute Gasteiger partial charge is 0.247 e. The van der Waals surface area contributed by atoms with E-state index >= 15 is 0 Å². The van der Waals surface area contributed by atoms with Gasteiger partial charge in [0.15, 0.2) is 0 Å². The van der Waals surface area contributed by atoms with Crippen LogP contribution in [0, 0.1) is 30.1 Å². The van der Waals surface area contributed by atoms with Crippen LogP contribution in [0.1, 0.15) is 47.9 Å². The number of hydrogen-bond acceptors (Lipinski definition) is 6. The van der Waals surface area contributed by atoms with Crippen LogP contribution in [0.4, 0.5) is 10.1 Å². The number of nitrogens with one attached hydrogen (secondary N) is 1. The molecule has 4 rings (SSSR count). The summed E-state index contributed by atoms with van der Waals surface area (Å²) >= 11 is 0. The van der Waals surface area contributed by atoms with Crippen LogP contribution in [0.3, 0.4) is 0 Å². The van der Waals surface area contributed by atoms with Gasteiger partial charge < -0.3 is 20.5 Å². The van der Waals surface area contributed by atoms with Gasteiger partial charge in [-0.15, -0.1) is 0 Å². The fourth-order valence-corrected chi connectivity index (χ4v) is 3.94. The number of fused-ring (bicyclic) bond motifs is 1. The molecule has 1 atom stereocenters. The molecular weight excluding hydrogens is 399 g/mol. The van der Waals surface area contributed by atoms with Crippen molar-refractivity contribution in [3.8, 4) is 17.7 Å². The third-order valence-electron chi connectivity index (χ3n) is 5.77. The van der Waals surface area contributed by atoms with Crippen LogP contribution in [-0.4, -0.2) is 24.6 Å². The highest BCUT2D eigenvalue weighted by Gasteiger charge is 2.38. The summed E-state index contributed by atoms with van der Waals surface area (Å²) in [5.41, 5.74) is 8.96. The Morgan fingerprint density at radius 1 is 1.39 bits per heavy atom. The molecule has 160 valence electrons. The summed E-state index contributed by atoms with van der Waals surface area (Å²) in [5, 5.41) is 12.4. The lowest BCUT2D eigenvalue weighted by Gasteiger charge is -2.32. The number of carbonyl (C=O) groups excluding carboxylic acids is 1. The molecule has 0 saturated heterocycles. The quantitative estimate of drug-likeness (QED) is 0.690. The fourth-order valence-electron chi connectivity index (χ4n) is 3.94. The van der Waals surface area contributed by atoms with E-state index in [0.717, 1.165) is 12.8 Å². The number of methoxy groups -OCH3 is 1. The number of nitrogens with two attached hydrogens (primary N) is 1. The third kappa shape index (κ3) is 3.67. The van der Waals surface area contributed by atoms with E-state index in [1.165, 1.54) is 7.11 Å². The van der Waals surface area contributed by atoms with Crippen LogP contribution < -0.4 is 20.5 Å². The Bertz CT molecular complexity index is 1150.